The number of nitro groups is 1. The lowest BCUT2D eigenvalue weighted by molar-refractivity contribution is -0.385. The van der Waals surface area contributed by atoms with Crippen molar-refractivity contribution < 1.29 is 9.72 Å². The van der Waals surface area contributed by atoms with Crippen molar-refractivity contribution in [3.63, 3.8) is 0 Å². The maximum atomic E-state index is 12.0. The number of hydrogen-bond acceptors (Lipinski definition) is 4. The van der Waals surface area contributed by atoms with Crippen molar-refractivity contribution in [2.75, 3.05) is 0 Å². The van der Waals surface area contributed by atoms with E-state index in [2.05, 4.69) is 10.5 Å². The molecule has 0 radical (unpaired) electrons. The van der Waals surface area contributed by atoms with E-state index in [0.29, 0.717) is 5.56 Å². The van der Waals surface area contributed by atoms with Crippen LogP contribution in [0.15, 0.2) is 23.3 Å². The zero-order chi connectivity index (χ0) is 15.5. The zero-order valence-corrected chi connectivity index (χ0v) is 12.4. The zero-order valence-electron chi connectivity index (χ0n) is 12.4. The number of hydrogen-bond donors (Lipinski definition) is 1. The van der Waals surface area contributed by atoms with Crippen LogP contribution in [0.4, 0.5) is 5.69 Å². The molecule has 1 amide bonds. The molecular weight excluding hydrogens is 258 g/mol. The van der Waals surface area contributed by atoms with Gasteiger partial charge < -0.3 is 0 Å². The van der Waals surface area contributed by atoms with Crippen molar-refractivity contribution in [2.24, 2.45) is 10.5 Å². The van der Waals surface area contributed by atoms with E-state index in [9.17, 15) is 14.9 Å². The van der Waals surface area contributed by atoms with Crippen LogP contribution in [0.3, 0.4) is 0 Å². The van der Waals surface area contributed by atoms with E-state index in [4.69, 9.17) is 0 Å². The summed E-state index contributed by atoms with van der Waals surface area (Å²) in [6.07, 6.45) is 0. The second-order valence-corrected chi connectivity index (χ2v) is 5.59. The van der Waals surface area contributed by atoms with E-state index in [0.717, 1.165) is 5.71 Å². The lowest BCUT2D eigenvalue weighted by Gasteiger charge is -2.17. The Bertz CT molecular complexity index is 572. The highest BCUT2D eigenvalue weighted by molar-refractivity contribution is 5.97. The van der Waals surface area contributed by atoms with E-state index in [1.54, 1.807) is 13.0 Å². The molecular formula is C14H19N3O3. The number of amides is 1. The van der Waals surface area contributed by atoms with E-state index in [1.165, 1.54) is 12.1 Å². The fourth-order valence-corrected chi connectivity index (χ4v) is 1.43. The van der Waals surface area contributed by atoms with Gasteiger partial charge >= 0.3 is 0 Å². The Balaban J connectivity index is 3.00. The minimum Gasteiger partial charge on any atom is -0.267 e. The number of nitro benzene ring substituents is 1. The first-order valence-electron chi connectivity index (χ1n) is 6.23. The van der Waals surface area contributed by atoms with Gasteiger partial charge in [0.15, 0.2) is 0 Å². The van der Waals surface area contributed by atoms with Crippen LogP contribution in [0, 0.1) is 22.5 Å². The molecule has 0 aliphatic heterocycles. The largest absolute Gasteiger partial charge is 0.273 e. The fraction of sp³-hybridized carbons (Fsp3) is 0.429. The molecule has 0 spiro atoms. The van der Waals surface area contributed by atoms with E-state index in [1.807, 2.05) is 27.7 Å². The van der Waals surface area contributed by atoms with Crippen molar-refractivity contribution in [3.8, 4) is 0 Å². The highest BCUT2D eigenvalue weighted by Gasteiger charge is 2.19. The summed E-state index contributed by atoms with van der Waals surface area (Å²) in [5.74, 6) is -0.449. The van der Waals surface area contributed by atoms with Gasteiger partial charge in [0.25, 0.3) is 11.6 Å². The van der Waals surface area contributed by atoms with Crippen LogP contribution in [0.5, 0.6) is 0 Å². The SMILES string of the molecule is C/C(=N/NC(=O)c1cccc([N+](=O)[O-])c1C)C(C)(C)C. The maximum absolute atomic E-state index is 12.0. The Hall–Kier alpha value is -2.24. The first-order valence-corrected chi connectivity index (χ1v) is 6.23. The number of carbonyl (C=O) groups is 1. The first kappa shape index (κ1) is 15.8. The third-order valence-electron chi connectivity index (χ3n) is 3.16. The summed E-state index contributed by atoms with van der Waals surface area (Å²) in [5.41, 5.74) is 3.57. The number of nitrogens with zero attached hydrogens (tertiary/aromatic N) is 2. The molecule has 1 aromatic carbocycles. The second-order valence-electron chi connectivity index (χ2n) is 5.59. The Morgan fingerprint density at radius 3 is 2.45 bits per heavy atom. The third-order valence-corrected chi connectivity index (χ3v) is 3.16. The Morgan fingerprint density at radius 1 is 1.35 bits per heavy atom. The molecule has 0 aliphatic carbocycles. The first-order chi connectivity index (χ1) is 9.14. The minimum absolute atomic E-state index is 0.0748. The molecule has 0 heterocycles. The normalized spacial score (nSPS) is 12.2. The van der Waals surface area contributed by atoms with Gasteiger partial charge in [0.2, 0.25) is 0 Å². The monoisotopic (exact) mass is 277 g/mol. The Morgan fingerprint density at radius 2 is 1.95 bits per heavy atom. The van der Waals surface area contributed by atoms with Gasteiger partial charge in [0.1, 0.15) is 0 Å². The van der Waals surface area contributed by atoms with Crippen molar-refractivity contribution in [3.05, 3.63) is 39.4 Å². The molecule has 108 valence electrons. The topological polar surface area (TPSA) is 84.6 Å². The predicted octanol–water partition coefficient (Wildman–Crippen LogP) is 3.06. The van der Waals surface area contributed by atoms with Gasteiger partial charge in [-0.3, -0.25) is 14.9 Å². The standard InChI is InChI=1S/C14H19N3O3/c1-9-11(7-6-8-12(9)17(19)20)13(18)16-15-10(2)14(3,4)5/h6-8H,1-5H3,(H,16,18)/b15-10-. The molecule has 6 heteroatoms. The fourth-order valence-electron chi connectivity index (χ4n) is 1.43. The van der Waals surface area contributed by atoms with Crippen LogP contribution in [-0.2, 0) is 0 Å². The summed E-state index contributed by atoms with van der Waals surface area (Å²) in [6.45, 7) is 9.32. The third kappa shape index (κ3) is 3.63. The summed E-state index contributed by atoms with van der Waals surface area (Å²) in [6, 6.07) is 4.40. The van der Waals surface area contributed by atoms with Crippen LogP contribution in [-0.4, -0.2) is 16.5 Å². The molecule has 0 aliphatic rings. The predicted molar refractivity (Wildman–Crippen MR) is 77.9 cm³/mol. The van der Waals surface area contributed by atoms with Gasteiger partial charge in [-0.25, -0.2) is 5.43 Å². The number of benzene rings is 1. The number of rotatable bonds is 3. The Kier molecular flexibility index (Phi) is 4.60. The van der Waals surface area contributed by atoms with Gasteiger partial charge in [-0.1, -0.05) is 26.8 Å². The molecule has 1 N–H and O–H groups in total. The molecule has 0 fully saturated rings. The quantitative estimate of drug-likeness (QED) is 0.523. The van der Waals surface area contributed by atoms with Crippen LogP contribution >= 0.6 is 0 Å². The van der Waals surface area contributed by atoms with Crippen LogP contribution in [0.25, 0.3) is 0 Å². The second kappa shape index (κ2) is 5.81. The van der Waals surface area contributed by atoms with Crippen LogP contribution < -0.4 is 5.43 Å². The van der Waals surface area contributed by atoms with Crippen molar-refractivity contribution in [1.29, 1.82) is 0 Å². The minimum atomic E-state index is -0.504. The van der Waals surface area contributed by atoms with Crippen molar-refractivity contribution >= 4 is 17.3 Å². The summed E-state index contributed by atoms with van der Waals surface area (Å²) >= 11 is 0. The lowest BCUT2D eigenvalue weighted by atomic mass is 9.91. The van der Waals surface area contributed by atoms with Gasteiger partial charge in [-0.05, 0) is 19.9 Å². The molecule has 0 saturated heterocycles. The highest BCUT2D eigenvalue weighted by Crippen LogP contribution is 2.21. The highest BCUT2D eigenvalue weighted by atomic mass is 16.6. The summed E-state index contributed by atoms with van der Waals surface area (Å²) in [7, 11) is 0. The summed E-state index contributed by atoms with van der Waals surface area (Å²) < 4.78 is 0. The molecule has 0 saturated carbocycles. The average molecular weight is 277 g/mol. The van der Waals surface area contributed by atoms with E-state index in [-0.39, 0.29) is 16.7 Å². The molecule has 0 unspecified atom stereocenters. The van der Waals surface area contributed by atoms with Crippen LogP contribution in [0.1, 0.15) is 43.6 Å². The molecule has 0 atom stereocenters. The number of hydrazone groups is 1. The van der Waals surface area contributed by atoms with Crippen molar-refractivity contribution in [1.82, 2.24) is 5.43 Å². The molecule has 1 aromatic rings. The van der Waals surface area contributed by atoms with E-state index >= 15 is 0 Å². The number of carbonyl (C=O) groups excluding carboxylic acids is 1. The molecule has 0 aromatic heterocycles. The average Bonchev–Trinajstić information content (AvgIpc) is 2.34. The lowest BCUT2D eigenvalue weighted by Crippen LogP contribution is -2.25. The van der Waals surface area contributed by atoms with Crippen LogP contribution in [0.2, 0.25) is 0 Å². The maximum Gasteiger partial charge on any atom is 0.273 e. The van der Waals surface area contributed by atoms with Crippen molar-refractivity contribution in [2.45, 2.75) is 34.6 Å². The summed E-state index contributed by atoms with van der Waals surface area (Å²) in [5, 5.41) is 14.9. The van der Waals surface area contributed by atoms with Gasteiger partial charge in [0, 0.05) is 22.8 Å². The molecule has 0 bridgehead atoms. The van der Waals surface area contributed by atoms with E-state index < -0.39 is 10.8 Å². The van der Waals surface area contributed by atoms with Gasteiger partial charge in [-0.2, -0.15) is 5.10 Å². The molecule has 20 heavy (non-hydrogen) atoms. The smallest absolute Gasteiger partial charge is 0.267 e. The summed E-state index contributed by atoms with van der Waals surface area (Å²) in [4.78, 5) is 22.4. The molecule has 1 rings (SSSR count). The van der Waals surface area contributed by atoms with Gasteiger partial charge in [0.05, 0.1) is 10.5 Å². The van der Waals surface area contributed by atoms with Gasteiger partial charge in [-0.15, -0.1) is 0 Å². The number of nitrogens with one attached hydrogen (secondary N) is 1. The Labute approximate surface area is 118 Å². The molecule has 6 nitrogen and oxygen atoms in total.